The van der Waals surface area contributed by atoms with E-state index >= 15 is 0 Å². The van der Waals surface area contributed by atoms with Gasteiger partial charge >= 0.3 is 5.97 Å². The van der Waals surface area contributed by atoms with Gasteiger partial charge in [0.15, 0.2) is 17.7 Å². The lowest BCUT2D eigenvalue weighted by Crippen LogP contribution is -2.56. The molecular formula is C36H43FN2O6. The molecule has 3 aromatic carbocycles. The average molecular weight is 619 g/mol. The highest BCUT2D eigenvalue weighted by atomic mass is 19.1. The molecule has 0 aromatic heterocycles. The summed E-state index contributed by atoms with van der Waals surface area (Å²) in [6.45, 7) is 9.27. The standard InChI is InChI=1S/C36H43FN2O6/c1-7-44-31(35(42)43-6)28(20-14-15-25-21-22-30(29(37)23-25)45-27-18-12-9-13-19-27)33(40)39-32(36(3,4)5)34(41)38-24(2)26-16-10-8-11-17-26/h8-19,21-24,28,31-32H,7,20H2,1-6H3,(H,38,41)(H,39,40)/b15-14+/t24?,28-,31?,32-/m1/s1. The van der Waals surface area contributed by atoms with Crippen molar-refractivity contribution >= 4 is 23.9 Å². The molecule has 2 amide bonds. The van der Waals surface area contributed by atoms with Crippen molar-refractivity contribution in [2.75, 3.05) is 13.7 Å². The van der Waals surface area contributed by atoms with Gasteiger partial charge < -0.3 is 24.8 Å². The molecule has 2 N–H and O–H groups in total. The summed E-state index contributed by atoms with van der Waals surface area (Å²) in [6.07, 6.45) is 2.13. The Morgan fingerprint density at radius 1 is 0.911 bits per heavy atom. The number of hydrogen-bond donors (Lipinski definition) is 2. The van der Waals surface area contributed by atoms with E-state index in [4.69, 9.17) is 14.2 Å². The van der Waals surface area contributed by atoms with E-state index in [1.165, 1.54) is 19.2 Å². The normalized spacial score (nSPS) is 14.2. The maximum atomic E-state index is 14.8. The van der Waals surface area contributed by atoms with Gasteiger partial charge in [-0.15, -0.1) is 0 Å². The molecule has 45 heavy (non-hydrogen) atoms. The molecule has 9 heteroatoms. The molecule has 0 radical (unpaired) electrons. The van der Waals surface area contributed by atoms with Crippen LogP contribution in [0.2, 0.25) is 0 Å². The highest BCUT2D eigenvalue weighted by Crippen LogP contribution is 2.27. The van der Waals surface area contributed by atoms with Gasteiger partial charge in [-0.2, -0.15) is 0 Å². The third kappa shape index (κ3) is 10.3. The van der Waals surface area contributed by atoms with Crippen molar-refractivity contribution in [1.29, 1.82) is 0 Å². The van der Waals surface area contributed by atoms with Crippen LogP contribution in [0.25, 0.3) is 6.08 Å². The molecular weight excluding hydrogens is 575 g/mol. The third-order valence-electron chi connectivity index (χ3n) is 7.18. The topological polar surface area (TPSA) is 103 Å². The van der Waals surface area contributed by atoms with Crippen LogP contribution in [0.5, 0.6) is 11.5 Å². The molecule has 4 atom stereocenters. The number of carbonyl (C=O) groups is 3. The number of ether oxygens (including phenoxy) is 3. The first-order chi connectivity index (χ1) is 21.4. The summed E-state index contributed by atoms with van der Waals surface area (Å²) in [4.78, 5) is 40.0. The summed E-state index contributed by atoms with van der Waals surface area (Å²) in [5.74, 6) is -2.64. The van der Waals surface area contributed by atoms with Gasteiger partial charge in [-0.1, -0.05) is 87.5 Å². The largest absolute Gasteiger partial charge is 0.467 e. The summed E-state index contributed by atoms with van der Waals surface area (Å²) in [5, 5.41) is 5.86. The van der Waals surface area contributed by atoms with Crippen LogP contribution >= 0.6 is 0 Å². The van der Waals surface area contributed by atoms with Gasteiger partial charge in [-0.25, -0.2) is 9.18 Å². The van der Waals surface area contributed by atoms with E-state index in [2.05, 4.69) is 10.6 Å². The van der Waals surface area contributed by atoms with Gasteiger partial charge in [0.05, 0.1) is 19.1 Å². The fourth-order valence-electron chi connectivity index (χ4n) is 4.73. The number of methoxy groups -OCH3 is 1. The minimum absolute atomic E-state index is 0.0500. The summed E-state index contributed by atoms with van der Waals surface area (Å²) >= 11 is 0. The van der Waals surface area contributed by atoms with Gasteiger partial charge in [0.25, 0.3) is 0 Å². The zero-order chi connectivity index (χ0) is 33.0. The number of amides is 2. The Hall–Kier alpha value is -4.50. The first-order valence-corrected chi connectivity index (χ1v) is 15.0. The lowest BCUT2D eigenvalue weighted by atomic mass is 9.85. The third-order valence-corrected chi connectivity index (χ3v) is 7.18. The number of allylic oxidation sites excluding steroid dienone is 1. The van der Waals surface area contributed by atoms with Crippen molar-refractivity contribution in [3.05, 3.63) is 102 Å². The average Bonchev–Trinajstić information content (AvgIpc) is 3.02. The first-order valence-electron chi connectivity index (χ1n) is 15.0. The second-order valence-corrected chi connectivity index (χ2v) is 11.7. The number of halogens is 1. The molecule has 0 heterocycles. The fourth-order valence-corrected chi connectivity index (χ4v) is 4.73. The summed E-state index contributed by atoms with van der Waals surface area (Å²) in [6, 6.07) is 21.7. The molecule has 0 fully saturated rings. The van der Waals surface area contributed by atoms with Crippen LogP contribution in [-0.2, 0) is 23.9 Å². The van der Waals surface area contributed by atoms with Crippen LogP contribution in [0.15, 0.2) is 84.9 Å². The van der Waals surface area contributed by atoms with Crippen molar-refractivity contribution in [3.63, 3.8) is 0 Å². The van der Waals surface area contributed by atoms with Crippen molar-refractivity contribution < 1.29 is 33.0 Å². The van der Waals surface area contributed by atoms with Crippen molar-refractivity contribution in [1.82, 2.24) is 10.6 Å². The van der Waals surface area contributed by atoms with Crippen molar-refractivity contribution in [3.8, 4) is 11.5 Å². The van der Waals surface area contributed by atoms with Crippen molar-refractivity contribution in [2.45, 2.75) is 59.2 Å². The number of nitrogens with one attached hydrogen (secondary N) is 2. The monoisotopic (exact) mass is 618 g/mol. The molecule has 2 unspecified atom stereocenters. The molecule has 3 aromatic rings. The van der Waals surface area contributed by atoms with Crippen LogP contribution in [-0.4, -0.2) is 43.6 Å². The number of hydrogen-bond acceptors (Lipinski definition) is 6. The Balaban J connectivity index is 1.81. The molecule has 3 rings (SSSR count). The van der Waals surface area contributed by atoms with Gasteiger partial charge in [0, 0.05) is 6.61 Å². The highest BCUT2D eigenvalue weighted by Gasteiger charge is 2.39. The van der Waals surface area contributed by atoms with E-state index in [1.807, 2.05) is 64.1 Å². The van der Waals surface area contributed by atoms with Gasteiger partial charge in [-0.05, 0) is 61.1 Å². The minimum atomic E-state index is -1.23. The van der Waals surface area contributed by atoms with Gasteiger partial charge in [0.2, 0.25) is 11.8 Å². The van der Waals surface area contributed by atoms with Crippen LogP contribution in [0.4, 0.5) is 4.39 Å². The second kappa shape index (κ2) is 16.5. The Morgan fingerprint density at radius 3 is 2.13 bits per heavy atom. The molecule has 0 bridgehead atoms. The predicted molar refractivity (Wildman–Crippen MR) is 172 cm³/mol. The van der Waals surface area contributed by atoms with Crippen LogP contribution < -0.4 is 15.4 Å². The first kappa shape index (κ1) is 35.0. The van der Waals surface area contributed by atoms with Crippen molar-refractivity contribution in [2.24, 2.45) is 11.3 Å². The Kier molecular flexibility index (Phi) is 12.9. The zero-order valence-corrected chi connectivity index (χ0v) is 26.7. The quantitative estimate of drug-likeness (QED) is 0.197. The van der Waals surface area contributed by atoms with Crippen LogP contribution in [0.1, 0.15) is 58.2 Å². The van der Waals surface area contributed by atoms with E-state index < -0.39 is 41.2 Å². The summed E-state index contributed by atoms with van der Waals surface area (Å²) in [7, 11) is 1.22. The number of rotatable bonds is 14. The van der Waals surface area contributed by atoms with E-state index in [0.717, 1.165) is 5.56 Å². The van der Waals surface area contributed by atoms with E-state index in [0.29, 0.717) is 11.3 Å². The SMILES string of the molecule is CCOC(C(=O)OC)[C@@H](C/C=C/c1ccc(Oc2ccccc2)c(F)c1)C(=O)N[C@H](C(=O)NC(C)c1ccccc1)C(C)(C)C. The lowest BCUT2D eigenvalue weighted by molar-refractivity contribution is -0.161. The maximum absolute atomic E-state index is 14.8. The molecule has 0 spiro atoms. The van der Waals surface area contributed by atoms with E-state index in [9.17, 15) is 18.8 Å². The smallest absolute Gasteiger partial charge is 0.335 e. The number of para-hydroxylation sites is 1. The summed E-state index contributed by atoms with van der Waals surface area (Å²) in [5.41, 5.74) is 0.787. The van der Waals surface area contributed by atoms with E-state index in [-0.39, 0.29) is 30.7 Å². The molecule has 0 aliphatic heterocycles. The van der Waals surface area contributed by atoms with Gasteiger partial charge in [0.1, 0.15) is 11.8 Å². The molecule has 0 aliphatic carbocycles. The molecule has 0 saturated heterocycles. The number of esters is 1. The number of carbonyl (C=O) groups excluding carboxylic acids is 3. The Morgan fingerprint density at radius 2 is 1.56 bits per heavy atom. The second-order valence-electron chi connectivity index (χ2n) is 11.7. The molecule has 0 saturated carbocycles. The Labute approximate surface area is 265 Å². The predicted octanol–water partition coefficient (Wildman–Crippen LogP) is 6.62. The van der Waals surface area contributed by atoms with Crippen LogP contribution in [0, 0.1) is 17.2 Å². The lowest BCUT2D eigenvalue weighted by Gasteiger charge is -2.33. The molecule has 8 nitrogen and oxygen atoms in total. The molecule has 0 aliphatic rings. The highest BCUT2D eigenvalue weighted by molar-refractivity contribution is 5.92. The number of benzene rings is 3. The zero-order valence-electron chi connectivity index (χ0n) is 26.7. The summed E-state index contributed by atoms with van der Waals surface area (Å²) < 4.78 is 31.1. The Bertz CT molecular complexity index is 1440. The minimum Gasteiger partial charge on any atom is -0.467 e. The van der Waals surface area contributed by atoms with Crippen LogP contribution in [0.3, 0.4) is 0 Å². The maximum Gasteiger partial charge on any atom is 0.335 e. The molecule has 240 valence electrons. The van der Waals surface area contributed by atoms with E-state index in [1.54, 1.807) is 49.4 Å². The fraction of sp³-hybridized carbons (Fsp3) is 0.361. The van der Waals surface area contributed by atoms with Gasteiger partial charge in [-0.3, -0.25) is 9.59 Å².